The van der Waals surface area contributed by atoms with Crippen molar-refractivity contribution in [3.05, 3.63) is 41.1 Å². The Morgan fingerprint density at radius 2 is 1.94 bits per heavy atom. The fourth-order valence-electron chi connectivity index (χ4n) is 1.23. The molecule has 4 nitrogen and oxygen atoms in total. The number of nitrogens with zero attached hydrogens (tertiary/aromatic N) is 2. The zero-order chi connectivity index (χ0) is 12.4. The summed E-state index contributed by atoms with van der Waals surface area (Å²) in [6.07, 6.45) is 0. The first-order chi connectivity index (χ1) is 8.04. The summed E-state index contributed by atoms with van der Waals surface area (Å²) >= 11 is 5.66. The fourth-order valence-corrected chi connectivity index (χ4v) is 1.42. The van der Waals surface area contributed by atoms with Gasteiger partial charge in [-0.15, -0.1) is 0 Å². The Morgan fingerprint density at radius 1 is 1.18 bits per heavy atom. The van der Waals surface area contributed by atoms with Gasteiger partial charge in [0.15, 0.2) is 0 Å². The van der Waals surface area contributed by atoms with E-state index in [2.05, 4.69) is 15.3 Å². The zero-order valence-corrected chi connectivity index (χ0v) is 9.17. The number of anilines is 3. The maximum Gasteiger partial charge on any atom is 0.223 e. The van der Waals surface area contributed by atoms with Crippen LogP contribution in [0.25, 0.3) is 0 Å². The standard InChI is InChI=1S/C10H7ClF2N4/c11-8-4-9(17-10(14)16-8)15-7-2-1-5(12)3-6(7)13/h1-4H,(H3,14,15,16,17). The SMILES string of the molecule is Nc1nc(Cl)cc(Nc2ccc(F)cc2F)n1. The van der Waals surface area contributed by atoms with Crippen molar-refractivity contribution in [1.29, 1.82) is 0 Å². The molecule has 0 aliphatic heterocycles. The Labute approximate surface area is 100 Å². The number of nitrogens with one attached hydrogen (secondary N) is 1. The summed E-state index contributed by atoms with van der Waals surface area (Å²) in [4.78, 5) is 7.45. The van der Waals surface area contributed by atoms with E-state index in [1.54, 1.807) is 0 Å². The number of halogens is 3. The quantitative estimate of drug-likeness (QED) is 0.811. The smallest absolute Gasteiger partial charge is 0.223 e. The predicted octanol–water partition coefficient (Wildman–Crippen LogP) is 2.73. The third-order valence-corrected chi connectivity index (χ3v) is 2.10. The van der Waals surface area contributed by atoms with Gasteiger partial charge in [0, 0.05) is 12.1 Å². The topological polar surface area (TPSA) is 63.8 Å². The molecule has 88 valence electrons. The lowest BCUT2D eigenvalue weighted by Gasteiger charge is -2.07. The molecule has 0 aliphatic carbocycles. The van der Waals surface area contributed by atoms with Crippen LogP contribution in [0.3, 0.4) is 0 Å². The Balaban J connectivity index is 2.31. The van der Waals surface area contributed by atoms with Crippen LogP contribution in [0.2, 0.25) is 5.15 Å². The average molecular weight is 257 g/mol. The number of rotatable bonds is 2. The van der Waals surface area contributed by atoms with Crippen molar-refractivity contribution >= 4 is 29.1 Å². The van der Waals surface area contributed by atoms with Crippen LogP contribution in [0.4, 0.5) is 26.2 Å². The molecule has 3 N–H and O–H groups in total. The summed E-state index contributed by atoms with van der Waals surface area (Å²) in [6.45, 7) is 0. The highest BCUT2D eigenvalue weighted by Gasteiger charge is 2.06. The lowest BCUT2D eigenvalue weighted by atomic mass is 10.3. The van der Waals surface area contributed by atoms with E-state index in [9.17, 15) is 8.78 Å². The van der Waals surface area contributed by atoms with Crippen molar-refractivity contribution in [3.8, 4) is 0 Å². The minimum atomic E-state index is -0.738. The van der Waals surface area contributed by atoms with E-state index in [-0.39, 0.29) is 22.6 Å². The molecule has 2 aromatic rings. The molecular weight excluding hydrogens is 250 g/mol. The number of nitrogen functional groups attached to an aromatic ring is 1. The first-order valence-electron chi connectivity index (χ1n) is 4.57. The normalized spacial score (nSPS) is 10.3. The van der Waals surface area contributed by atoms with Crippen molar-refractivity contribution in [1.82, 2.24) is 9.97 Å². The maximum atomic E-state index is 13.3. The van der Waals surface area contributed by atoms with Crippen molar-refractivity contribution in [2.24, 2.45) is 0 Å². The van der Waals surface area contributed by atoms with Crippen molar-refractivity contribution in [2.75, 3.05) is 11.1 Å². The van der Waals surface area contributed by atoms with E-state index in [1.807, 2.05) is 0 Å². The Bertz CT molecular complexity index is 542. The molecule has 0 radical (unpaired) electrons. The lowest BCUT2D eigenvalue weighted by Crippen LogP contribution is -2.01. The van der Waals surface area contributed by atoms with Crippen LogP contribution < -0.4 is 11.1 Å². The molecule has 2 rings (SSSR count). The van der Waals surface area contributed by atoms with Gasteiger partial charge in [-0.05, 0) is 12.1 Å². The number of aromatic nitrogens is 2. The number of hydrogen-bond acceptors (Lipinski definition) is 4. The van der Waals surface area contributed by atoms with Gasteiger partial charge in [0.05, 0.1) is 5.69 Å². The van der Waals surface area contributed by atoms with E-state index in [0.29, 0.717) is 0 Å². The third-order valence-electron chi connectivity index (χ3n) is 1.91. The van der Waals surface area contributed by atoms with Crippen LogP contribution in [-0.4, -0.2) is 9.97 Å². The van der Waals surface area contributed by atoms with Crippen molar-refractivity contribution < 1.29 is 8.78 Å². The molecule has 0 aliphatic rings. The lowest BCUT2D eigenvalue weighted by molar-refractivity contribution is 0.586. The van der Waals surface area contributed by atoms with Crippen LogP contribution in [0.15, 0.2) is 24.3 Å². The number of benzene rings is 1. The van der Waals surface area contributed by atoms with Crippen molar-refractivity contribution in [3.63, 3.8) is 0 Å². The first kappa shape index (κ1) is 11.5. The molecule has 0 spiro atoms. The molecule has 0 saturated heterocycles. The Kier molecular flexibility index (Phi) is 3.06. The summed E-state index contributed by atoms with van der Waals surface area (Å²) in [5, 5.41) is 2.75. The number of nitrogens with two attached hydrogens (primary N) is 1. The highest BCUT2D eigenvalue weighted by molar-refractivity contribution is 6.29. The maximum absolute atomic E-state index is 13.3. The van der Waals surface area contributed by atoms with E-state index >= 15 is 0 Å². The first-order valence-corrected chi connectivity index (χ1v) is 4.94. The second-order valence-electron chi connectivity index (χ2n) is 3.18. The van der Waals surface area contributed by atoms with Gasteiger partial charge in [-0.1, -0.05) is 11.6 Å². The predicted molar refractivity (Wildman–Crippen MR) is 61.1 cm³/mol. The Morgan fingerprint density at radius 3 is 2.59 bits per heavy atom. The molecule has 1 heterocycles. The van der Waals surface area contributed by atoms with E-state index in [4.69, 9.17) is 17.3 Å². The molecule has 0 amide bonds. The second-order valence-corrected chi connectivity index (χ2v) is 3.57. The van der Waals surface area contributed by atoms with E-state index in [1.165, 1.54) is 12.1 Å². The van der Waals surface area contributed by atoms with E-state index < -0.39 is 11.6 Å². The van der Waals surface area contributed by atoms with Gasteiger partial charge in [0.2, 0.25) is 5.95 Å². The minimum absolute atomic E-state index is 0.0393. The molecular formula is C10H7ClF2N4. The van der Waals surface area contributed by atoms with Gasteiger partial charge in [0.1, 0.15) is 22.6 Å². The van der Waals surface area contributed by atoms with Crippen LogP contribution in [0.1, 0.15) is 0 Å². The van der Waals surface area contributed by atoms with Crippen LogP contribution in [0, 0.1) is 11.6 Å². The molecule has 1 aromatic carbocycles. The van der Waals surface area contributed by atoms with E-state index in [0.717, 1.165) is 12.1 Å². The summed E-state index contributed by atoms with van der Waals surface area (Å²) < 4.78 is 26.0. The summed E-state index contributed by atoms with van der Waals surface area (Å²) in [5.41, 5.74) is 5.44. The van der Waals surface area contributed by atoms with Gasteiger partial charge in [-0.3, -0.25) is 0 Å². The van der Waals surface area contributed by atoms with Gasteiger partial charge in [-0.25, -0.2) is 13.8 Å². The largest absolute Gasteiger partial charge is 0.368 e. The summed E-state index contributed by atoms with van der Waals surface area (Å²) in [5.74, 6) is -1.21. The summed E-state index contributed by atoms with van der Waals surface area (Å²) in [7, 11) is 0. The van der Waals surface area contributed by atoms with Crippen LogP contribution >= 0.6 is 11.6 Å². The molecule has 0 fully saturated rings. The van der Waals surface area contributed by atoms with Crippen molar-refractivity contribution in [2.45, 2.75) is 0 Å². The molecule has 0 bridgehead atoms. The molecule has 7 heteroatoms. The zero-order valence-electron chi connectivity index (χ0n) is 8.42. The fraction of sp³-hybridized carbons (Fsp3) is 0. The monoisotopic (exact) mass is 256 g/mol. The molecule has 1 aromatic heterocycles. The third kappa shape index (κ3) is 2.79. The Hall–Kier alpha value is -1.95. The second kappa shape index (κ2) is 4.50. The van der Waals surface area contributed by atoms with Gasteiger partial charge in [-0.2, -0.15) is 4.98 Å². The van der Waals surface area contributed by atoms with Crippen LogP contribution in [0.5, 0.6) is 0 Å². The van der Waals surface area contributed by atoms with Gasteiger partial charge < -0.3 is 11.1 Å². The highest BCUT2D eigenvalue weighted by atomic mass is 35.5. The molecule has 0 saturated carbocycles. The average Bonchev–Trinajstić information content (AvgIpc) is 2.21. The molecule has 17 heavy (non-hydrogen) atoms. The summed E-state index contributed by atoms with van der Waals surface area (Å²) in [6, 6.07) is 4.50. The molecule has 0 unspecified atom stereocenters. The highest BCUT2D eigenvalue weighted by Crippen LogP contribution is 2.21. The van der Waals surface area contributed by atoms with Gasteiger partial charge >= 0.3 is 0 Å². The van der Waals surface area contributed by atoms with Gasteiger partial charge in [0.25, 0.3) is 0 Å². The molecule has 0 atom stereocenters. The van der Waals surface area contributed by atoms with Crippen LogP contribution in [-0.2, 0) is 0 Å². The number of hydrogen-bond donors (Lipinski definition) is 2. The minimum Gasteiger partial charge on any atom is -0.368 e.